The molecule has 1 aromatic carbocycles. The molecule has 1 unspecified atom stereocenters. The van der Waals surface area contributed by atoms with Gasteiger partial charge in [0.1, 0.15) is 0 Å². The van der Waals surface area contributed by atoms with Gasteiger partial charge in [0.2, 0.25) is 0 Å². The van der Waals surface area contributed by atoms with Gasteiger partial charge in [0.15, 0.2) is 0 Å². The molecule has 2 aromatic rings. The number of pyridine rings is 1. The average molecular weight is 244 g/mol. The Balaban J connectivity index is 2.27. The zero-order valence-corrected chi connectivity index (χ0v) is 11.0. The van der Waals surface area contributed by atoms with E-state index in [1.165, 1.54) is 12.8 Å². The van der Waals surface area contributed by atoms with E-state index >= 15 is 0 Å². The van der Waals surface area contributed by atoms with Crippen LogP contribution in [0, 0.1) is 0 Å². The summed E-state index contributed by atoms with van der Waals surface area (Å²) in [5, 5.41) is 5.25. The molecule has 2 N–H and O–H groups in total. The lowest BCUT2D eigenvalue weighted by Gasteiger charge is -2.17. The zero-order valence-electron chi connectivity index (χ0n) is 11.0. The zero-order chi connectivity index (χ0) is 13.0. The van der Waals surface area contributed by atoms with Crippen LogP contribution in [0.3, 0.4) is 0 Å². The first-order valence-electron chi connectivity index (χ1n) is 6.62. The molecule has 3 nitrogen and oxygen atoms in total. The maximum atomic E-state index is 11.6. The number of anilines is 1. The maximum absolute atomic E-state index is 11.6. The Morgan fingerprint density at radius 3 is 2.83 bits per heavy atom. The molecule has 1 aromatic heterocycles. The molecule has 0 saturated heterocycles. The van der Waals surface area contributed by atoms with E-state index in [9.17, 15) is 4.79 Å². The lowest BCUT2D eigenvalue weighted by Crippen LogP contribution is -2.18. The van der Waals surface area contributed by atoms with Gasteiger partial charge in [-0.05, 0) is 42.5 Å². The minimum atomic E-state index is -0.0281. The number of benzene rings is 1. The van der Waals surface area contributed by atoms with Crippen LogP contribution in [-0.2, 0) is 0 Å². The highest BCUT2D eigenvalue weighted by molar-refractivity contribution is 5.84. The Bertz CT molecular complexity index is 574. The van der Waals surface area contributed by atoms with Crippen molar-refractivity contribution in [1.29, 1.82) is 0 Å². The second-order valence-electron chi connectivity index (χ2n) is 4.65. The summed E-state index contributed by atoms with van der Waals surface area (Å²) in [5.41, 5.74) is 1.06. The summed E-state index contributed by atoms with van der Waals surface area (Å²) >= 11 is 0. The normalized spacial score (nSPS) is 12.6. The summed E-state index contributed by atoms with van der Waals surface area (Å²) in [7, 11) is 0. The van der Waals surface area contributed by atoms with E-state index < -0.39 is 0 Å². The molecule has 0 bridgehead atoms. The van der Waals surface area contributed by atoms with Crippen LogP contribution in [0.25, 0.3) is 10.8 Å². The van der Waals surface area contributed by atoms with Crippen LogP contribution >= 0.6 is 0 Å². The number of hydrogen-bond donors (Lipinski definition) is 2. The maximum Gasteiger partial charge on any atom is 0.255 e. The fraction of sp³-hybridized carbons (Fsp3) is 0.400. The molecule has 1 heterocycles. The third-order valence-electron chi connectivity index (χ3n) is 3.27. The van der Waals surface area contributed by atoms with Gasteiger partial charge in [0.05, 0.1) is 0 Å². The van der Waals surface area contributed by atoms with Gasteiger partial charge in [-0.2, -0.15) is 0 Å². The molecule has 0 amide bonds. The van der Waals surface area contributed by atoms with Gasteiger partial charge in [-0.15, -0.1) is 0 Å². The average Bonchev–Trinajstić information content (AvgIpc) is 2.38. The van der Waals surface area contributed by atoms with Crippen molar-refractivity contribution in [3.05, 3.63) is 40.8 Å². The second kappa shape index (κ2) is 5.71. The SMILES string of the molecule is CCCC(CC)Nc1ccc2c(=O)[nH]ccc2c1. The van der Waals surface area contributed by atoms with Crippen LogP contribution in [0.4, 0.5) is 5.69 Å². The molecule has 0 fully saturated rings. The minimum absolute atomic E-state index is 0.0281. The van der Waals surface area contributed by atoms with Crippen molar-refractivity contribution < 1.29 is 0 Å². The van der Waals surface area contributed by atoms with E-state index in [1.54, 1.807) is 6.20 Å². The van der Waals surface area contributed by atoms with Crippen molar-refractivity contribution in [3.8, 4) is 0 Å². The van der Waals surface area contributed by atoms with Crippen LogP contribution in [0.15, 0.2) is 35.3 Å². The van der Waals surface area contributed by atoms with Crippen molar-refractivity contribution in [2.24, 2.45) is 0 Å². The summed E-state index contributed by atoms with van der Waals surface area (Å²) in [4.78, 5) is 14.3. The quantitative estimate of drug-likeness (QED) is 0.845. The van der Waals surface area contributed by atoms with Crippen LogP contribution in [-0.4, -0.2) is 11.0 Å². The monoisotopic (exact) mass is 244 g/mol. The molecular formula is C15H20N2O. The van der Waals surface area contributed by atoms with Crippen LogP contribution in [0.2, 0.25) is 0 Å². The Kier molecular flexibility index (Phi) is 4.03. The molecule has 2 rings (SSSR count). The van der Waals surface area contributed by atoms with Crippen LogP contribution < -0.4 is 10.9 Å². The predicted molar refractivity (Wildman–Crippen MR) is 77.2 cm³/mol. The Hall–Kier alpha value is -1.77. The minimum Gasteiger partial charge on any atom is -0.382 e. The van der Waals surface area contributed by atoms with Gasteiger partial charge < -0.3 is 10.3 Å². The smallest absolute Gasteiger partial charge is 0.255 e. The molecule has 0 spiro atoms. The number of rotatable bonds is 5. The number of hydrogen-bond acceptors (Lipinski definition) is 2. The van der Waals surface area contributed by atoms with E-state index in [2.05, 4.69) is 24.1 Å². The number of aromatic nitrogens is 1. The van der Waals surface area contributed by atoms with E-state index in [-0.39, 0.29) is 5.56 Å². The van der Waals surface area contributed by atoms with Crippen molar-refractivity contribution in [2.75, 3.05) is 5.32 Å². The Morgan fingerprint density at radius 1 is 1.28 bits per heavy atom. The molecule has 0 aliphatic heterocycles. The first-order valence-corrected chi connectivity index (χ1v) is 6.62. The molecule has 0 saturated carbocycles. The largest absolute Gasteiger partial charge is 0.382 e. The highest BCUT2D eigenvalue weighted by Crippen LogP contribution is 2.18. The summed E-state index contributed by atoms with van der Waals surface area (Å²) in [5.74, 6) is 0. The Morgan fingerprint density at radius 2 is 2.11 bits per heavy atom. The van der Waals surface area contributed by atoms with E-state index in [4.69, 9.17) is 0 Å². The number of H-pyrrole nitrogens is 1. The molecular weight excluding hydrogens is 224 g/mol. The van der Waals surface area contributed by atoms with Crippen molar-refractivity contribution >= 4 is 16.5 Å². The molecule has 96 valence electrons. The fourth-order valence-electron chi connectivity index (χ4n) is 2.24. The van der Waals surface area contributed by atoms with Crippen molar-refractivity contribution in [1.82, 2.24) is 4.98 Å². The second-order valence-corrected chi connectivity index (χ2v) is 4.65. The highest BCUT2D eigenvalue weighted by Gasteiger charge is 2.05. The topological polar surface area (TPSA) is 44.9 Å². The van der Waals surface area contributed by atoms with Crippen LogP contribution in [0.1, 0.15) is 33.1 Å². The van der Waals surface area contributed by atoms with Gasteiger partial charge in [0, 0.05) is 23.3 Å². The molecule has 0 radical (unpaired) electrons. The predicted octanol–water partition coefficient (Wildman–Crippen LogP) is 3.52. The molecule has 1 atom stereocenters. The van der Waals surface area contributed by atoms with E-state index in [0.717, 1.165) is 22.9 Å². The van der Waals surface area contributed by atoms with Gasteiger partial charge >= 0.3 is 0 Å². The Labute approximate surface area is 107 Å². The standard InChI is InChI=1S/C15H20N2O/c1-3-5-12(4-2)17-13-6-7-14-11(10-13)8-9-16-15(14)18/h6-10,12,17H,3-5H2,1-2H3,(H,16,18). The van der Waals surface area contributed by atoms with Crippen LogP contribution in [0.5, 0.6) is 0 Å². The van der Waals surface area contributed by atoms with Gasteiger partial charge in [-0.25, -0.2) is 0 Å². The summed E-state index contributed by atoms with van der Waals surface area (Å²) in [6.07, 6.45) is 5.15. The van der Waals surface area contributed by atoms with Gasteiger partial charge in [-0.3, -0.25) is 4.79 Å². The summed E-state index contributed by atoms with van der Waals surface area (Å²) in [6, 6.07) is 8.35. The van der Waals surface area contributed by atoms with Gasteiger partial charge in [-0.1, -0.05) is 20.3 Å². The summed E-state index contributed by atoms with van der Waals surface area (Å²) < 4.78 is 0. The molecule has 0 aliphatic rings. The van der Waals surface area contributed by atoms with E-state index in [0.29, 0.717) is 6.04 Å². The highest BCUT2D eigenvalue weighted by atomic mass is 16.1. The van der Waals surface area contributed by atoms with E-state index in [1.807, 2.05) is 24.3 Å². The lowest BCUT2D eigenvalue weighted by molar-refractivity contribution is 0.623. The van der Waals surface area contributed by atoms with Crippen molar-refractivity contribution in [2.45, 2.75) is 39.2 Å². The van der Waals surface area contributed by atoms with Gasteiger partial charge in [0.25, 0.3) is 5.56 Å². The number of aromatic amines is 1. The first kappa shape index (κ1) is 12.7. The fourth-order valence-corrected chi connectivity index (χ4v) is 2.24. The molecule has 0 aliphatic carbocycles. The number of fused-ring (bicyclic) bond motifs is 1. The van der Waals surface area contributed by atoms with Crippen molar-refractivity contribution in [3.63, 3.8) is 0 Å². The lowest BCUT2D eigenvalue weighted by atomic mass is 10.1. The third kappa shape index (κ3) is 2.73. The number of nitrogens with one attached hydrogen (secondary N) is 2. The first-order chi connectivity index (χ1) is 8.74. The third-order valence-corrected chi connectivity index (χ3v) is 3.27. The molecule has 18 heavy (non-hydrogen) atoms. The molecule has 3 heteroatoms. The summed E-state index contributed by atoms with van der Waals surface area (Å²) in [6.45, 7) is 4.39.